The summed E-state index contributed by atoms with van der Waals surface area (Å²) >= 11 is 5.93. The molecule has 0 aromatic heterocycles. The topological polar surface area (TPSA) is 75.4 Å². The maximum Gasteiger partial charge on any atom is 0.288 e. The number of hydrogen-bond donors (Lipinski definition) is 2. The number of nitro groups is 1. The molecule has 1 saturated carbocycles. The Labute approximate surface area is 129 Å². The molecule has 1 aromatic carbocycles. The Morgan fingerprint density at radius 1 is 1.57 bits per heavy atom. The molecular formula is C15H21ClN2O3. The predicted octanol–water partition coefficient (Wildman–Crippen LogP) is 3.91. The number of benzene rings is 1. The van der Waals surface area contributed by atoms with Crippen LogP contribution in [0.15, 0.2) is 12.1 Å². The Balaban J connectivity index is 2.10. The minimum absolute atomic E-state index is 0.0929. The van der Waals surface area contributed by atoms with E-state index in [2.05, 4.69) is 12.2 Å². The molecule has 1 aromatic rings. The second-order valence-electron chi connectivity index (χ2n) is 6.16. The molecule has 116 valence electrons. The minimum Gasteiger partial charge on any atom is -0.388 e. The molecule has 0 aliphatic heterocycles. The van der Waals surface area contributed by atoms with E-state index in [1.807, 2.05) is 0 Å². The molecule has 1 fully saturated rings. The quantitative estimate of drug-likeness (QED) is 0.653. The van der Waals surface area contributed by atoms with Crippen LogP contribution in [0.4, 0.5) is 11.4 Å². The van der Waals surface area contributed by atoms with E-state index in [0.29, 0.717) is 12.5 Å². The van der Waals surface area contributed by atoms with Crippen molar-refractivity contribution in [3.8, 4) is 0 Å². The van der Waals surface area contributed by atoms with Crippen LogP contribution in [-0.2, 0) is 0 Å². The highest BCUT2D eigenvalue weighted by Crippen LogP contribution is 2.34. The van der Waals surface area contributed by atoms with Crippen LogP contribution in [0.1, 0.15) is 38.2 Å². The molecule has 0 heterocycles. The number of nitrogens with one attached hydrogen (secondary N) is 1. The van der Waals surface area contributed by atoms with Gasteiger partial charge in [-0.05, 0) is 37.3 Å². The van der Waals surface area contributed by atoms with Crippen molar-refractivity contribution in [2.45, 2.75) is 45.1 Å². The zero-order valence-corrected chi connectivity index (χ0v) is 13.1. The predicted molar refractivity (Wildman–Crippen MR) is 83.9 cm³/mol. The molecule has 2 unspecified atom stereocenters. The first kappa shape index (κ1) is 16.0. The van der Waals surface area contributed by atoms with Gasteiger partial charge in [0.05, 0.1) is 10.5 Å². The van der Waals surface area contributed by atoms with Crippen LogP contribution in [0.25, 0.3) is 0 Å². The normalized spacial score (nSPS) is 25.6. The summed E-state index contributed by atoms with van der Waals surface area (Å²) in [7, 11) is 0. The van der Waals surface area contributed by atoms with Crippen LogP contribution in [0.5, 0.6) is 0 Å². The molecule has 2 atom stereocenters. The van der Waals surface area contributed by atoms with Crippen molar-refractivity contribution in [2.24, 2.45) is 5.92 Å². The second kappa shape index (κ2) is 6.20. The highest BCUT2D eigenvalue weighted by atomic mass is 35.5. The lowest BCUT2D eigenvalue weighted by Crippen LogP contribution is -2.41. The van der Waals surface area contributed by atoms with Crippen molar-refractivity contribution < 1.29 is 10.0 Å². The fraction of sp³-hybridized carbons (Fsp3) is 0.600. The summed E-state index contributed by atoms with van der Waals surface area (Å²) in [4.78, 5) is 10.3. The Morgan fingerprint density at radius 3 is 2.90 bits per heavy atom. The largest absolute Gasteiger partial charge is 0.388 e. The molecule has 2 rings (SSSR count). The van der Waals surface area contributed by atoms with Crippen LogP contribution >= 0.6 is 11.6 Å². The van der Waals surface area contributed by atoms with Gasteiger partial charge in [0.2, 0.25) is 0 Å². The van der Waals surface area contributed by atoms with Crippen molar-refractivity contribution in [1.29, 1.82) is 0 Å². The summed E-state index contributed by atoms with van der Waals surface area (Å²) < 4.78 is 0. The molecule has 1 aliphatic rings. The molecule has 1 aliphatic carbocycles. The number of aryl methyl sites for hydroxylation is 1. The molecular weight excluding hydrogens is 292 g/mol. The van der Waals surface area contributed by atoms with Gasteiger partial charge in [0.1, 0.15) is 5.02 Å². The molecule has 0 amide bonds. The van der Waals surface area contributed by atoms with Crippen LogP contribution in [0.3, 0.4) is 0 Å². The monoisotopic (exact) mass is 312 g/mol. The SMILES string of the molecule is Cc1cc([N+](=O)[O-])c(Cl)cc1NCC1(O)CCCC(C)C1. The van der Waals surface area contributed by atoms with E-state index in [4.69, 9.17) is 11.6 Å². The number of nitrogens with zero attached hydrogens (tertiary/aromatic N) is 1. The van der Waals surface area contributed by atoms with E-state index >= 15 is 0 Å². The fourth-order valence-corrected chi connectivity index (χ4v) is 3.28. The summed E-state index contributed by atoms with van der Waals surface area (Å²) in [6, 6.07) is 3.02. The van der Waals surface area contributed by atoms with Crippen LogP contribution < -0.4 is 5.32 Å². The summed E-state index contributed by atoms with van der Waals surface area (Å²) in [5.74, 6) is 0.520. The van der Waals surface area contributed by atoms with Gasteiger partial charge in [0.25, 0.3) is 5.69 Å². The minimum atomic E-state index is -0.710. The Morgan fingerprint density at radius 2 is 2.29 bits per heavy atom. The molecule has 0 radical (unpaired) electrons. The Hall–Kier alpha value is -1.33. The number of halogens is 1. The average Bonchev–Trinajstić information content (AvgIpc) is 2.38. The standard InChI is InChI=1S/C15H21ClN2O3/c1-10-4-3-5-15(19,8-10)9-17-13-7-12(16)14(18(20)21)6-11(13)2/h6-7,10,17,19H,3-5,8-9H2,1-2H3. The van der Waals surface area contributed by atoms with Gasteiger partial charge in [0.15, 0.2) is 0 Å². The van der Waals surface area contributed by atoms with Crippen molar-refractivity contribution >= 4 is 23.0 Å². The summed E-state index contributed by atoms with van der Waals surface area (Å²) in [6.45, 7) is 4.38. The molecule has 5 nitrogen and oxygen atoms in total. The number of rotatable bonds is 4. The number of aliphatic hydroxyl groups is 1. The van der Waals surface area contributed by atoms with Gasteiger partial charge in [0, 0.05) is 18.3 Å². The lowest BCUT2D eigenvalue weighted by molar-refractivity contribution is -0.384. The first-order valence-electron chi connectivity index (χ1n) is 7.21. The van der Waals surface area contributed by atoms with Crippen molar-refractivity contribution in [3.05, 3.63) is 32.8 Å². The van der Waals surface area contributed by atoms with Gasteiger partial charge in [-0.2, -0.15) is 0 Å². The maximum absolute atomic E-state index is 10.8. The molecule has 0 bridgehead atoms. The van der Waals surface area contributed by atoms with Crippen molar-refractivity contribution in [2.75, 3.05) is 11.9 Å². The zero-order chi connectivity index (χ0) is 15.6. The molecule has 0 saturated heterocycles. The van der Waals surface area contributed by atoms with Crippen molar-refractivity contribution in [3.63, 3.8) is 0 Å². The lowest BCUT2D eigenvalue weighted by Gasteiger charge is -2.36. The Bertz CT molecular complexity index is 550. The lowest BCUT2D eigenvalue weighted by atomic mass is 9.79. The van der Waals surface area contributed by atoms with Crippen molar-refractivity contribution in [1.82, 2.24) is 0 Å². The van der Waals surface area contributed by atoms with E-state index in [-0.39, 0.29) is 10.7 Å². The van der Waals surface area contributed by atoms with Gasteiger partial charge in [-0.25, -0.2) is 0 Å². The third-order valence-electron chi connectivity index (χ3n) is 4.17. The first-order chi connectivity index (χ1) is 9.81. The molecule has 21 heavy (non-hydrogen) atoms. The van der Waals surface area contributed by atoms with Crippen LogP contribution in [0.2, 0.25) is 5.02 Å². The van der Waals surface area contributed by atoms with Crippen LogP contribution in [-0.4, -0.2) is 22.2 Å². The van der Waals surface area contributed by atoms with Crippen LogP contribution in [0, 0.1) is 23.0 Å². The number of hydrogen-bond acceptors (Lipinski definition) is 4. The summed E-state index contributed by atoms with van der Waals surface area (Å²) in [6.07, 6.45) is 3.74. The highest BCUT2D eigenvalue weighted by Gasteiger charge is 2.32. The van der Waals surface area contributed by atoms with E-state index in [9.17, 15) is 15.2 Å². The number of anilines is 1. The second-order valence-corrected chi connectivity index (χ2v) is 6.56. The van der Waals surface area contributed by atoms with E-state index < -0.39 is 10.5 Å². The van der Waals surface area contributed by atoms with E-state index in [1.165, 1.54) is 6.07 Å². The third kappa shape index (κ3) is 3.86. The summed E-state index contributed by atoms with van der Waals surface area (Å²) in [5.41, 5.74) is 0.679. The zero-order valence-electron chi connectivity index (χ0n) is 12.4. The average molecular weight is 313 g/mol. The number of nitro benzene ring substituents is 1. The third-order valence-corrected chi connectivity index (χ3v) is 4.47. The smallest absolute Gasteiger partial charge is 0.288 e. The van der Waals surface area contributed by atoms with E-state index in [1.54, 1.807) is 13.0 Å². The van der Waals surface area contributed by atoms with Gasteiger partial charge in [-0.15, -0.1) is 0 Å². The fourth-order valence-electron chi connectivity index (χ4n) is 3.05. The molecule has 6 heteroatoms. The first-order valence-corrected chi connectivity index (χ1v) is 7.59. The highest BCUT2D eigenvalue weighted by molar-refractivity contribution is 6.33. The van der Waals surface area contributed by atoms with Gasteiger partial charge in [-0.3, -0.25) is 10.1 Å². The summed E-state index contributed by atoms with van der Waals surface area (Å²) in [5, 5.41) is 24.7. The molecule has 0 spiro atoms. The van der Waals surface area contributed by atoms with Gasteiger partial charge in [-0.1, -0.05) is 31.4 Å². The Kier molecular flexibility index (Phi) is 4.74. The molecule has 2 N–H and O–H groups in total. The van der Waals surface area contributed by atoms with Gasteiger partial charge >= 0.3 is 0 Å². The maximum atomic E-state index is 10.8. The van der Waals surface area contributed by atoms with E-state index in [0.717, 1.165) is 36.9 Å². The van der Waals surface area contributed by atoms with Gasteiger partial charge < -0.3 is 10.4 Å².